The molecule has 0 spiro atoms. The number of hydrogen-bond acceptors (Lipinski definition) is 4. The fraction of sp³-hybridized carbons (Fsp3) is 0.240. The SMILES string of the molecule is Cc1cccc(S(=O)(=O)N2C[C@H](C[C@@H](C)C(=O)O)Oc3ccc(-c4cc(F)cc(F)c4)cc32)c1. The van der Waals surface area contributed by atoms with Crippen molar-refractivity contribution in [2.24, 2.45) is 5.92 Å². The van der Waals surface area contributed by atoms with Gasteiger partial charge >= 0.3 is 5.97 Å². The maximum atomic E-state index is 13.8. The lowest BCUT2D eigenvalue weighted by molar-refractivity contribution is -0.142. The normalized spacial score (nSPS) is 16.5. The van der Waals surface area contributed by atoms with Gasteiger partial charge in [-0.1, -0.05) is 25.1 Å². The summed E-state index contributed by atoms with van der Waals surface area (Å²) >= 11 is 0. The summed E-state index contributed by atoms with van der Waals surface area (Å²) in [4.78, 5) is 11.4. The number of aryl methyl sites for hydroxylation is 1. The molecule has 0 saturated heterocycles. The van der Waals surface area contributed by atoms with Crippen LogP contribution >= 0.6 is 0 Å². The number of hydrogen-bond donors (Lipinski definition) is 1. The topological polar surface area (TPSA) is 83.9 Å². The first-order valence-electron chi connectivity index (χ1n) is 10.6. The van der Waals surface area contributed by atoms with Gasteiger partial charge in [-0.25, -0.2) is 17.2 Å². The first kappa shape index (κ1) is 23.7. The molecule has 1 aliphatic heterocycles. The molecule has 1 aliphatic rings. The van der Waals surface area contributed by atoms with Crippen LogP contribution in [0.5, 0.6) is 5.75 Å². The predicted molar refractivity (Wildman–Crippen MR) is 123 cm³/mol. The van der Waals surface area contributed by atoms with E-state index in [0.717, 1.165) is 23.8 Å². The third kappa shape index (κ3) is 4.75. The zero-order valence-electron chi connectivity index (χ0n) is 18.5. The molecule has 0 aliphatic carbocycles. The smallest absolute Gasteiger partial charge is 0.306 e. The summed E-state index contributed by atoms with van der Waals surface area (Å²) in [5.41, 5.74) is 1.62. The van der Waals surface area contributed by atoms with Gasteiger partial charge in [-0.3, -0.25) is 9.10 Å². The van der Waals surface area contributed by atoms with Gasteiger partial charge in [-0.2, -0.15) is 0 Å². The van der Waals surface area contributed by atoms with Crippen LogP contribution < -0.4 is 9.04 Å². The third-order valence-corrected chi connectivity index (χ3v) is 7.48. The maximum absolute atomic E-state index is 13.8. The Balaban J connectivity index is 1.82. The number of ether oxygens (including phenoxy) is 1. The second-order valence-corrected chi connectivity index (χ2v) is 10.3. The van der Waals surface area contributed by atoms with Crippen molar-refractivity contribution >= 4 is 21.7 Å². The zero-order chi connectivity index (χ0) is 24.6. The average molecular weight is 488 g/mol. The maximum Gasteiger partial charge on any atom is 0.306 e. The number of sulfonamides is 1. The highest BCUT2D eigenvalue weighted by molar-refractivity contribution is 7.92. The molecule has 0 saturated carbocycles. The van der Waals surface area contributed by atoms with E-state index < -0.39 is 39.6 Å². The molecule has 0 aromatic heterocycles. The molecule has 1 N–H and O–H groups in total. The average Bonchev–Trinajstić information content (AvgIpc) is 2.77. The van der Waals surface area contributed by atoms with Crippen LogP contribution in [0.3, 0.4) is 0 Å². The molecule has 0 bridgehead atoms. The van der Waals surface area contributed by atoms with Crippen LogP contribution in [0.15, 0.2) is 65.6 Å². The van der Waals surface area contributed by atoms with Gasteiger partial charge in [0.15, 0.2) is 0 Å². The van der Waals surface area contributed by atoms with E-state index in [1.807, 2.05) is 0 Å². The molecular weight excluding hydrogens is 464 g/mol. The number of anilines is 1. The summed E-state index contributed by atoms with van der Waals surface area (Å²) in [5, 5.41) is 9.30. The van der Waals surface area contributed by atoms with Gasteiger partial charge in [-0.15, -0.1) is 0 Å². The number of aliphatic carboxylic acids is 1. The fourth-order valence-electron chi connectivity index (χ4n) is 3.96. The number of carboxylic acids is 1. The molecule has 0 unspecified atom stereocenters. The van der Waals surface area contributed by atoms with Crippen LogP contribution in [0.4, 0.5) is 14.5 Å². The van der Waals surface area contributed by atoms with Crippen molar-refractivity contribution in [3.8, 4) is 16.9 Å². The van der Waals surface area contributed by atoms with Crippen molar-refractivity contribution in [2.75, 3.05) is 10.8 Å². The van der Waals surface area contributed by atoms with Gasteiger partial charge in [0.25, 0.3) is 10.0 Å². The van der Waals surface area contributed by atoms with Crippen molar-refractivity contribution in [2.45, 2.75) is 31.3 Å². The largest absolute Gasteiger partial charge is 0.486 e. The molecule has 3 aromatic carbocycles. The predicted octanol–water partition coefficient (Wildman–Crippen LogP) is 5.01. The van der Waals surface area contributed by atoms with E-state index in [2.05, 4.69) is 0 Å². The monoisotopic (exact) mass is 487 g/mol. The summed E-state index contributed by atoms with van der Waals surface area (Å²) in [6.45, 7) is 3.20. The van der Waals surface area contributed by atoms with E-state index in [1.165, 1.54) is 29.4 Å². The number of fused-ring (bicyclic) bond motifs is 1. The molecule has 4 rings (SSSR count). The van der Waals surface area contributed by atoms with Crippen LogP contribution in [0.2, 0.25) is 0 Å². The minimum Gasteiger partial charge on any atom is -0.486 e. The first-order chi connectivity index (χ1) is 16.0. The molecule has 2 atom stereocenters. The second-order valence-electron chi connectivity index (χ2n) is 8.41. The van der Waals surface area contributed by atoms with Gasteiger partial charge in [-0.05, 0) is 66.4 Å². The van der Waals surface area contributed by atoms with E-state index in [9.17, 15) is 27.1 Å². The van der Waals surface area contributed by atoms with E-state index in [-0.39, 0.29) is 34.9 Å². The Morgan fingerprint density at radius 2 is 1.79 bits per heavy atom. The second kappa shape index (κ2) is 9.06. The highest BCUT2D eigenvalue weighted by Gasteiger charge is 2.36. The van der Waals surface area contributed by atoms with Gasteiger partial charge in [0.1, 0.15) is 23.5 Å². The van der Waals surface area contributed by atoms with Gasteiger partial charge in [0.2, 0.25) is 0 Å². The highest BCUT2D eigenvalue weighted by Crippen LogP contribution is 2.41. The Morgan fingerprint density at radius 3 is 2.44 bits per heavy atom. The fourth-order valence-corrected chi connectivity index (χ4v) is 5.56. The molecule has 1 heterocycles. The Kier molecular flexibility index (Phi) is 6.31. The number of benzene rings is 3. The lowest BCUT2D eigenvalue weighted by Crippen LogP contribution is -2.44. The summed E-state index contributed by atoms with van der Waals surface area (Å²) in [5.74, 6) is -3.02. The standard InChI is InChI=1S/C25H23F2NO5S/c1-15-4-3-5-22(8-15)34(31,32)28-14-21(9-16(2)25(29)30)33-24-7-6-17(12-23(24)28)18-10-19(26)13-20(27)11-18/h3-8,10-13,16,21H,9,14H2,1-2H3,(H,29,30)/t16-,21+/m1/s1. The van der Waals surface area contributed by atoms with Crippen LogP contribution in [-0.2, 0) is 14.8 Å². The zero-order valence-corrected chi connectivity index (χ0v) is 19.4. The molecule has 6 nitrogen and oxygen atoms in total. The van der Waals surface area contributed by atoms with Crippen LogP contribution in [-0.4, -0.2) is 32.1 Å². The van der Waals surface area contributed by atoms with Crippen molar-refractivity contribution in [1.82, 2.24) is 0 Å². The van der Waals surface area contributed by atoms with E-state index in [1.54, 1.807) is 31.2 Å². The summed E-state index contributed by atoms with van der Waals surface area (Å²) in [6, 6.07) is 14.1. The van der Waals surface area contributed by atoms with Gasteiger partial charge in [0.05, 0.1) is 23.0 Å². The molecule has 178 valence electrons. The quantitative estimate of drug-likeness (QED) is 0.529. The van der Waals surface area contributed by atoms with Crippen molar-refractivity contribution < 1.29 is 31.8 Å². The highest BCUT2D eigenvalue weighted by atomic mass is 32.2. The van der Waals surface area contributed by atoms with Gasteiger partial charge < -0.3 is 9.84 Å². The Hall–Kier alpha value is -3.46. The summed E-state index contributed by atoms with van der Waals surface area (Å²) in [6.07, 6.45) is -0.596. The molecule has 34 heavy (non-hydrogen) atoms. The van der Waals surface area contributed by atoms with Crippen LogP contribution in [0, 0.1) is 24.5 Å². The number of carboxylic acid groups (broad SMARTS) is 1. The number of nitrogens with zero attached hydrogens (tertiary/aromatic N) is 1. The number of rotatable bonds is 6. The molecule has 9 heteroatoms. The Bertz CT molecular complexity index is 1340. The lowest BCUT2D eigenvalue weighted by atomic mass is 10.0. The lowest BCUT2D eigenvalue weighted by Gasteiger charge is -2.36. The number of carbonyl (C=O) groups is 1. The molecular formula is C25H23F2NO5S. The first-order valence-corrected chi connectivity index (χ1v) is 12.1. The number of halogens is 2. The molecule has 0 radical (unpaired) electrons. The summed E-state index contributed by atoms with van der Waals surface area (Å²) < 4.78 is 62.0. The molecule has 0 fully saturated rings. The molecule has 3 aromatic rings. The van der Waals surface area contributed by atoms with E-state index >= 15 is 0 Å². The van der Waals surface area contributed by atoms with Crippen molar-refractivity contribution in [3.63, 3.8) is 0 Å². The summed E-state index contributed by atoms with van der Waals surface area (Å²) in [7, 11) is -4.04. The van der Waals surface area contributed by atoms with Crippen molar-refractivity contribution in [1.29, 1.82) is 0 Å². The van der Waals surface area contributed by atoms with E-state index in [0.29, 0.717) is 5.56 Å². The van der Waals surface area contributed by atoms with Gasteiger partial charge in [0, 0.05) is 6.07 Å². The molecule has 0 amide bonds. The van der Waals surface area contributed by atoms with E-state index in [4.69, 9.17) is 4.74 Å². The third-order valence-electron chi connectivity index (χ3n) is 5.70. The minimum atomic E-state index is -4.04. The minimum absolute atomic E-state index is 0.0765. The van der Waals surface area contributed by atoms with Crippen LogP contribution in [0.1, 0.15) is 18.9 Å². The Labute approximate surface area is 196 Å². The van der Waals surface area contributed by atoms with Crippen molar-refractivity contribution in [3.05, 3.63) is 77.9 Å². The Morgan fingerprint density at radius 1 is 1.09 bits per heavy atom. The van der Waals surface area contributed by atoms with Crippen LogP contribution in [0.25, 0.3) is 11.1 Å².